The van der Waals surface area contributed by atoms with E-state index in [1.807, 2.05) is 18.6 Å². The minimum absolute atomic E-state index is 0.200. The molecule has 1 unspecified atom stereocenters. The van der Waals surface area contributed by atoms with Crippen LogP contribution in [0.4, 0.5) is 0 Å². The Balaban J connectivity index is 2.12. The van der Waals surface area contributed by atoms with Crippen molar-refractivity contribution >= 4 is 0 Å². The zero-order chi connectivity index (χ0) is 10.7. The number of aromatic nitrogens is 2. The maximum atomic E-state index is 3.83. The number of H-pyrrole nitrogens is 1. The summed E-state index contributed by atoms with van der Waals surface area (Å²) in [6.45, 7) is 7.11. The zero-order valence-electron chi connectivity index (χ0n) is 9.11. The number of imidazole rings is 1. The van der Waals surface area contributed by atoms with Crippen molar-refractivity contribution in [3.05, 3.63) is 55.2 Å². The topological polar surface area (TPSA) is 19.7 Å². The molecule has 1 atom stereocenters. The molecule has 1 heterocycles. The molecule has 1 aliphatic rings. The first-order valence-electron chi connectivity index (χ1n) is 5.24. The van der Waals surface area contributed by atoms with Crippen LogP contribution in [0, 0.1) is 5.41 Å². The van der Waals surface area contributed by atoms with Crippen LogP contribution in [0.3, 0.4) is 0 Å². The molecule has 1 aliphatic carbocycles. The fourth-order valence-corrected chi connectivity index (χ4v) is 2.07. The minimum atomic E-state index is 0.200. The maximum absolute atomic E-state index is 3.83. The fourth-order valence-electron chi connectivity index (χ4n) is 2.07. The number of nitrogens with zero attached hydrogens (tertiary/aromatic N) is 1. The molecule has 1 N–H and O–H groups in total. The van der Waals surface area contributed by atoms with Gasteiger partial charge in [0, 0.05) is 5.41 Å². The van der Waals surface area contributed by atoms with E-state index in [1.165, 1.54) is 5.57 Å². The third-order valence-electron chi connectivity index (χ3n) is 2.83. The Morgan fingerprint density at radius 3 is 3.20 bits per heavy atom. The summed E-state index contributed by atoms with van der Waals surface area (Å²) in [4.78, 5) is 3.07. The molecule has 1 aromatic rings. The number of allylic oxidation sites excluding steroid dienone is 5. The van der Waals surface area contributed by atoms with E-state index in [1.54, 1.807) is 0 Å². The predicted octanol–water partition coefficient (Wildman–Crippen LogP) is 2.38. The van der Waals surface area contributed by atoms with Crippen LogP contribution in [-0.2, 0) is 6.54 Å². The maximum Gasteiger partial charge on any atom is 0.241 e. The van der Waals surface area contributed by atoms with Gasteiger partial charge < -0.3 is 0 Å². The third kappa shape index (κ3) is 2.27. The summed E-state index contributed by atoms with van der Waals surface area (Å²) < 4.78 is 2.18. The molecule has 78 valence electrons. The molecular weight excluding hydrogens is 184 g/mol. The SMILES string of the molecule is C=CC1=CC=CC(C)(C[n+]2cc[nH]c2)C1. The van der Waals surface area contributed by atoms with Crippen LogP contribution in [0.25, 0.3) is 0 Å². The highest BCUT2D eigenvalue weighted by Gasteiger charge is 2.26. The Hall–Kier alpha value is -1.57. The molecule has 0 aromatic carbocycles. The van der Waals surface area contributed by atoms with Crippen LogP contribution >= 0.6 is 0 Å². The predicted molar refractivity (Wildman–Crippen MR) is 61.1 cm³/mol. The highest BCUT2D eigenvalue weighted by atomic mass is 15.0. The molecule has 0 saturated carbocycles. The average Bonchev–Trinajstić information content (AvgIpc) is 2.69. The summed E-state index contributed by atoms with van der Waals surface area (Å²) in [6.07, 6.45) is 15.6. The number of nitrogens with one attached hydrogen (secondary N) is 1. The van der Waals surface area contributed by atoms with Crippen molar-refractivity contribution in [2.75, 3.05) is 0 Å². The lowest BCUT2D eigenvalue weighted by Crippen LogP contribution is -2.40. The van der Waals surface area contributed by atoms with E-state index in [9.17, 15) is 0 Å². The van der Waals surface area contributed by atoms with Crippen LogP contribution in [0.2, 0.25) is 0 Å². The van der Waals surface area contributed by atoms with E-state index in [0.717, 1.165) is 13.0 Å². The van der Waals surface area contributed by atoms with Crippen molar-refractivity contribution in [1.82, 2.24) is 4.98 Å². The lowest BCUT2D eigenvalue weighted by atomic mass is 9.80. The smallest absolute Gasteiger partial charge is 0.241 e. The fraction of sp³-hybridized carbons (Fsp3) is 0.308. The monoisotopic (exact) mass is 201 g/mol. The summed E-state index contributed by atoms with van der Waals surface area (Å²) in [6, 6.07) is 0. The molecule has 0 saturated heterocycles. The van der Waals surface area contributed by atoms with Gasteiger partial charge in [0.05, 0.1) is 6.54 Å². The van der Waals surface area contributed by atoms with Crippen molar-refractivity contribution < 1.29 is 4.57 Å². The quantitative estimate of drug-likeness (QED) is 0.724. The van der Waals surface area contributed by atoms with Crippen molar-refractivity contribution in [1.29, 1.82) is 0 Å². The first kappa shape index (κ1) is 9.97. The van der Waals surface area contributed by atoms with Crippen molar-refractivity contribution in [2.24, 2.45) is 5.41 Å². The normalized spacial score (nSPS) is 25.0. The largest absolute Gasteiger partial charge is 0.250 e. The van der Waals surface area contributed by atoms with Gasteiger partial charge in [-0.15, -0.1) is 0 Å². The molecule has 2 heteroatoms. The van der Waals surface area contributed by atoms with Gasteiger partial charge in [-0.05, 0) is 12.0 Å². The van der Waals surface area contributed by atoms with Gasteiger partial charge in [0.1, 0.15) is 12.4 Å². The summed E-state index contributed by atoms with van der Waals surface area (Å²) in [5, 5.41) is 0. The Kier molecular flexibility index (Phi) is 2.58. The average molecular weight is 201 g/mol. The summed E-state index contributed by atoms with van der Waals surface area (Å²) in [5.41, 5.74) is 1.52. The molecule has 2 rings (SSSR count). The van der Waals surface area contributed by atoms with E-state index >= 15 is 0 Å². The molecule has 2 nitrogen and oxygen atoms in total. The lowest BCUT2D eigenvalue weighted by Gasteiger charge is -2.26. The highest BCUT2D eigenvalue weighted by Crippen LogP contribution is 2.31. The van der Waals surface area contributed by atoms with Crippen LogP contribution in [0.1, 0.15) is 13.3 Å². The van der Waals surface area contributed by atoms with Crippen LogP contribution < -0.4 is 4.57 Å². The Bertz CT molecular complexity index is 398. The Morgan fingerprint density at radius 2 is 2.53 bits per heavy atom. The van der Waals surface area contributed by atoms with E-state index in [4.69, 9.17) is 0 Å². The van der Waals surface area contributed by atoms with Crippen LogP contribution in [0.15, 0.2) is 55.2 Å². The van der Waals surface area contributed by atoms with Crippen molar-refractivity contribution in [2.45, 2.75) is 19.9 Å². The minimum Gasteiger partial charge on any atom is -0.250 e. The van der Waals surface area contributed by atoms with Gasteiger partial charge in [-0.25, -0.2) is 4.57 Å². The summed E-state index contributed by atoms with van der Waals surface area (Å²) >= 11 is 0. The van der Waals surface area contributed by atoms with Crippen LogP contribution in [0.5, 0.6) is 0 Å². The second-order valence-corrected chi connectivity index (χ2v) is 4.42. The van der Waals surface area contributed by atoms with Gasteiger partial charge in [0.25, 0.3) is 0 Å². The molecule has 0 radical (unpaired) electrons. The number of rotatable bonds is 3. The van der Waals surface area contributed by atoms with Crippen molar-refractivity contribution in [3.8, 4) is 0 Å². The number of aromatic amines is 1. The number of hydrogen-bond donors (Lipinski definition) is 1. The highest BCUT2D eigenvalue weighted by molar-refractivity contribution is 5.29. The third-order valence-corrected chi connectivity index (χ3v) is 2.83. The van der Waals surface area contributed by atoms with Gasteiger partial charge >= 0.3 is 0 Å². The van der Waals surface area contributed by atoms with Crippen molar-refractivity contribution in [3.63, 3.8) is 0 Å². The zero-order valence-corrected chi connectivity index (χ0v) is 9.11. The summed E-state index contributed by atoms with van der Waals surface area (Å²) in [5.74, 6) is 0. The van der Waals surface area contributed by atoms with E-state index in [2.05, 4.69) is 47.5 Å². The molecule has 0 amide bonds. The Labute approximate surface area is 90.6 Å². The van der Waals surface area contributed by atoms with Gasteiger partial charge in [-0.1, -0.05) is 37.8 Å². The number of hydrogen-bond acceptors (Lipinski definition) is 0. The molecule has 15 heavy (non-hydrogen) atoms. The molecule has 0 spiro atoms. The van der Waals surface area contributed by atoms with Gasteiger partial charge in [0.2, 0.25) is 6.33 Å². The summed E-state index contributed by atoms with van der Waals surface area (Å²) in [7, 11) is 0. The standard InChI is InChI=1S/C13H16N2/c1-3-12-5-4-6-13(2,9-12)10-15-8-7-14-11-15/h3-8,11H,1,9-10H2,2H3/p+1. The van der Waals surface area contributed by atoms with Gasteiger partial charge in [-0.2, -0.15) is 0 Å². The lowest BCUT2D eigenvalue weighted by molar-refractivity contribution is -0.706. The molecule has 0 bridgehead atoms. The molecule has 0 aliphatic heterocycles. The van der Waals surface area contributed by atoms with E-state index in [-0.39, 0.29) is 5.41 Å². The first-order chi connectivity index (χ1) is 7.22. The second-order valence-electron chi connectivity index (χ2n) is 4.42. The molecular formula is C13H17N2+. The van der Waals surface area contributed by atoms with Crippen LogP contribution in [-0.4, -0.2) is 4.98 Å². The molecule has 1 aromatic heterocycles. The van der Waals surface area contributed by atoms with Gasteiger partial charge in [-0.3, -0.25) is 4.98 Å². The van der Waals surface area contributed by atoms with E-state index < -0.39 is 0 Å². The van der Waals surface area contributed by atoms with Gasteiger partial charge in [0.15, 0.2) is 0 Å². The second kappa shape index (κ2) is 3.89. The first-order valence-corrected chi connectivity index (χ1v) is 5.24. The Morgan fingerprint density at radius 1 is 1.67 bits per heavy atom. The van der Waals surface area contributed by atoms with E-state index in [0.29, 0.717) is 0 Å². The molecule has 0 fully saturated rings.